The van der Waals surface area contributed by atoms with Gasteiger partial charge in [0.1, 0.15) is 5.82 Å². The summed E-state index contributed by atoms with van der Waals surface area (Å²) >= 11 is 5.91. The number of carbonyl (C=O) groups excluding carboxylic acids is 1. The fraction of sp³-hybridized carbons (Fsp3) is 0.250. The molecule has 1 amide bonds. The molecule has 0 aliphatic heterocycles. The van der Waals surface area contributed by atoms with Gasteiger partial charge in [0.25, 0.3) is 5.91 Å². The van der Waals surface area contributed by atoms with E-state index in [4.69, 9.17) is 11.6 Å². The zero-order valence-corrected chi connectivity index (χ0v) is 10.8. The van der Waals surface area contributed by atoms with E-state index in [1.807, 2.05) is 13.8 Å². The van der Waals surface area contributed by atoms with Crippen molar-refractivity contribution in [2.45, 2.75) is 19.9 Å². The molecule has 1 atom stereocenters. The topological polar surface area (TPSA) is 70.7 Å². The molecule has 0 fully saturated rings. The molecule has 6 heteroatoms. The van der Waals surface area contributed by atoms with Gasteiger partial charge in [-0.2, -0.15) is 0 Å². The lowest BCUT2D eigenvalue weighted by Gasteiger charge is -2.12. The minimum absolute atomic E-state index is 0.213. The Morgan fingerprint density at radius 3 is 2.89 bits per heavy atom. The Morgan fingerprint density at radius 1 is 1.50 bits per heavy atom. The molecule has 2 N–H and O–H groups in total. The van der Waals surface area contributed by atoms with Crippen molar-refractivity contribution in [3.8, 4) is 0 Å². The van der Waals surface area contributed by atoms with Gasteiger partial charge >= 0.3 is 0 Å². The average molecular weight is 265 g/mol. The van der Waals surface area contributed by atoms with Gasteiger partial charge in [0.15, 0.2) is 0 Å². The van der Waals surface area contributed by atoms with Crippen LogP contribution in [-0.2, 0) is 0 Å². The van der Waals surface area contributed by atoms with E-state index in [0.29, 0.717) is 16.4 Å². The first-order chi connectivity index (χ1) is 8.58. The molecule has 5 nitrogen and oxygen atoms in total. The summed E-state index contributed by atoms with van der Waals surface area (Å²) in [4.78, 5) is 23.1. The van der Waals surface area contributed by atoms with Gasteiger partial charge in [0.2, 0.25) is 0 Å². The monoisotopic (exact) mass is 264 g/mol. The molecular weight excluding hydrogens is 252 g/mol. The first-order valence-electron chi connectivity index (χ1n) is 5.50. The number of H-pyrrole nitrogens is 1. The number of nitrogens with zero attached hydrogens (tertiary/aromatic N) is 2. The van der Waals surface area contributed by atoms with Crippen LogP contribution in [0.5, 0.6) is 0 Å². The SMILES string of the molecule is Cc1cnc(C(C)NC(=O)c2ccncc2Cl)[nH]1. The van der Waals surface area contributed by atoms with Crippen molar-refractivity contribution in [1.29, 1.82) is 0 Å². The average Bonchev–Trinajstić information content (AvgIpc) is 2.76. The van der Waals surface area contributed by atoms with Crippen LogP contribution in [0.15, 0.2) is 24.7 Å². The Balaban J connectivity index is 2.10. The molecule has 1 unspecified atom stereocenters. The number of halogens is 1. The van der Waals surface area contributed by atoms with Crippen LogP contribution >= 0.6 is 11.6 Å². The van der Waals surface area contributed by atoms with Crippen LogP contribution in [0.2, 0.25) is 5.02 Å². The summed E-state index contributed by atoms with van der Waals surface area (Å²) in [7, 11) is 0. The zero-order valence-electron chi connectivity index (χ0n) is 10.1. The van der Waals surface area contributed by atoms with E-state index in [1.54, 1.807) is 12.3 Å². The van der Waals surface area contributed by atoms with Crippen LogP contribution in [0.1, 0.15) is 34.8 Å². The number of aryl methyl sites for hydroxylation is 1. The molecule has 2 aromatic heterocycles. The number of nitrogens with one attached hydrogen (secondary N) is 2. The number of rotatable bonds is 3. The third-order valence-corrected chi connectivity index (χ3v) is 2.80. The molecule has 18 heavy (non-hydrogen) atoms. The zero-order chi connectivity index (χ0) is 13.1. The third-order valence-electron chi connectivity index (χ3n) is 2.50. The summed E-state index contributed by atoms with van der Waals surface area (Å²) in [6.45, 7) is 3.76. The maximum atomic E-state index is 12.0. The van der Waals surface area contributed by atoms with Crippen LogP contribution < -0.4 is 5.32 Å². The Hall–Kier alpha value is -1.88. The molecular formula is C12H13ClN4O. The van der Waals surface area contributed by atoms with Crippen molar-refractivity contribution in [1.82, 2.24) is 20.3 Å². The normalized spacial score (nSPS) is 12.2. The van der Waals surface area contributed by atoms with E-state index in [0.717, 1.165) is 5.69 Å². The van der Waals surface area contributed by atoms with Gasteiger partial charge in [-0.15, -0.1) is 0 Å². The van der Waals surface area contributed by atoms with E-state index in [-0.39, 0.29) is 11.9 Å². The van der Waals surface area contributed by atoms with Crippen molar-refractivity contribution < 1.29 is 4.79 Å². The predicted molar refractivity (Wildman–Crippen MR) is 68.5 cm³/mol. The highest BCUT2D eigenvalue weighted by molar-refractivity contribution is 6.33. The molecule has 94 valence electrons. The number of hydrogen-bond donors (Lipinski definition) is 2. The second kappa shape index (κ2) is 5.18. The van der Waals surface area contributed by atoms with Crippen molar-refractivity contribution >= 4 is 17.5 Å². The van der Waals surface area contributed by atoms with Gasteiger partial charge in [0.05, 0.1) is 16.6 Å². The van der Waals surface area contributed by atoms with Gasteiger partial charge in [0, 0.05) is 24.3 Å². The lowest BCUT2D eigenvalue weighted by Crippen LogP contribution is -2.27. The van der Waals surface area contributed by atoms with Crippen molar-refractivity contribution in [2.24, 2.45) is 0 Å². The second-order valence-electron chi connectivity index (χ2n) is 4.00. The number of amides is 1. The molecule has 0 aliphatic rings. The van der Waals surface area contributed by atoms with Gasteiger partial charge < -0.3 is 10.3 Å². The molecule has 2 rings (SSSR count). The first kappa shape index (κ1) is 12.6. The Bertz CT molecular complexity index is 567. The number of hydrogen-bond acceptors (Lipinski definition) is 3. The summed E-state index contributed by atoms with van der Waals surface area (Å²) in [6, 6.07) is 1.37. The van der Waals surface area contributed by atoms with E-state index in [1.165, 1.54) is 12.4 Å². The lowest BCUT2D eigenvalue weighted by atomic mass is 10.2. The molecule has 0 aliphatic carbocycles. The summed E-state index contributed by atoms with van der Waals surface area (Å²) in [5.41, 5.74) is 1.36. The van der Waals surface area contributed by atoms with E-state index in [9.17, 15) is 4.79 Å². The minimum Gasteiger partial charge on any atom is -0.344 e. The van der Waals surface area contributed by atoms with E-state index < -0.39 is 0 Å². The smallest absolute Gasteiger partial charge is 0.253 e. The number of aromatic amines is 1. The molecule has 0 bridgehead atoms. The summed E-state index contributed by atoms with van der Waals surface area (Å²) in [5.74, 6) is 0.468. The van der Waals surface area contributed by atoms with Gasteiger partial charge in [-0.05, 0) is 19.9 Å². The molecule has 0 saturated heterocycles. The Labute approximate surface area is 110 Å². The molecule has 0 aromatic carbocycles. The van der Waals surface area contributed by atoms with Crippen LogP contribution in [0, 0.1) is 6.92 Å². The summed E-state index contributed by atoms with van der Waals surface area (Å²) < 4.78 is 0. The fourth-order valence-corrected chi connectivity index (χ4v) is 1.76. The standard InChI is InChI=1S/C12H13ClN4O/c1-7-5-15-11(16-7)8(2)17-12(18)9-3-4-14-6-10(9)13/h3-6,8H,1-2H3,(H,15,16)(H,17,18). The first-order valence-corrected chi connectivity index (χ1v) is 5.87. The van der Waals surface area contributed by atoms with Gasteiger partial charge in [-0.25, -0.2) is 4.98 Å². The molecule has 2 aromatic rings. The molecule has 0 radical (unpaired) electrons. The number of carbonyl (C=O) groups is 1. The van der Waals surface area contributed by atoms with E-state index in [2.05, 4.69) is 20.3 Å². The maximum Gasteiger partial charge on any atom is 0.253 e. The van der Waals surface area contributed by atoms with Gasteiger partial charge in [-0.1, -0.05) is 11.6 Å². The van der Waals surface area contributed by atoms with Crippen LogP contribution in [-0.4, -0.2) is 20.9 Å². The van der Waals surface area contributed by atoms with Crippen molar-refractivity contribution in [3.05, 3.63) is 46.8 Å². The Kier molecular flexibility index (Phi) is 3.62. The highest BCUT2D eigenvalue weighted by Crippen LogP contribution is 2.15. The van der Waals surface area contributed by atoms with Crippen molar-refractivity contribution in [3.63, 3.8) is 0 Å². The summed E-state index contributed by atoms with van der Waals surface area (Å²) in [6.07, 6.45) is 4.69. The third kappa shape index (κ3) is 2.68. The van der Waals surface area contributed by atoms with Gasteiger partial charge in [-0.3, -0.25) is 9.78 Å². The maximum absolute atomic E-state index is 12.0. The number of pyridine rings is 1. The van der Waals surface area contributed by atoms with Crippen molar-refractivity contribution in [2.75, 3.05) is 0 Å². The second-order valence-corrected chi connectivity index (χ2v) is 4.41. The highest BCUT2D eigenvalue weighted by Gasteiger charge is 2.15. The minimum atomic E-state index is -0.246. The highest BCUT2D eigenvalue weighted by atomic mass is 35.5. The Morgan fingerprint density at radius 2 is 2.28 bits per heavy atom. The molecule has 0 saturated carbocycles. The van der Waals surface area contributed by atoms with E-state index >= 15 is 0 Å². The van der Waals surface area contributed by atoms with Crippen LogP contribution in [0.3, 0.4) is 0 Å². The van der Waals surface area contributed by atoms with Crippen LogP contribution in [0.25, 0.3) is 0 Å². The number of aromatic nitrogens is 3. The summed E-state index contributed by atoms with van der Waals surface area (Å²) in [5, 5.41) is 3.15. The quantitative estimate of drug-likeness (QED) is 0.893. The fourth-order valence-electron chi connectivity index (χ4n) is 1.56. The lowest BCUT2D eigenvalue weighted by molar-refractivity contribution is 0.0938. The molecule has 2 heterocycles. The number of imidazole rings is 1. The largest absolute Gasteiger partial charge is 0.344 e. The predicted octanol–water partition coefficient (Wildman–Crippen LogP) is 2.26. The van der Waals surface area contributed by atoms with Crippen LogP contribution in [0.4, 0.5) is 0 Å². The molecule has 0 spiro atoms.